The van der Waals surface area contributed by atoms with Crippen LogP contribution in [0.1, 0.15) is 46.0 Å². The van der Waals surface area contributed by atoms with Crippen LogP contribution in [0.25, 0.3) is 0 Å². The van der Waals surface area contributed by atoms with Crippen LogP contribution in [0.2, 0.25) is 0 Å². The van der Waals surface area contributed by atoms with E-state index in [2.05, 4.69) is 23.6 Å². The van der Waals surface area contributed by atoms with Crippen molar-refractivity contribution in [2.24, 2.45) is 5.73 Å². The van der Waals surface area contributed by atoms with Gasteiger partial charge in [-0.3, -0.25) is 4.90 Å². The molecule has 0 bridgehead atoms. The van der Waals surface area contributed by atoms with E-state index in [-0.39, 0.29) is 0 Å². The van der Waals surface area contributed by atoms with E-state index in [4.69, 9.17) is 5.73 Å². The van der Waals surface area contributed by atoms with Crippen LogP contribution in [0, 0.1) is 0 Å². The molecule has 0 atom stereocenters. The first-order chi connectivity index (χ1) is 8.24. The maximum absolute atomic E-state index is 5.48. The lowest BCUT2D eigenvalue weighted by Crippen LogP contribution is -2.48. The van der Waals surface area contributed by atoms with Gasteiger partial charge in [-0.25, -0.2) is 0 Å². The van der Waals surface area contributed by atoms with Crippen molar-refractivity contribution in [2.75, 3.05) is 39.3 Å². The number of piperazine rings is 1. The van der Waals surface area contributed by atoms with Gasteiger partial charge in [0, 0.05) is 32.2 Å². The molecule has 0 amide bonds. The number of nitrogens with zero attached hydrogens (tertiary/aromatic N) is 2. The van der Waals surface area contributed by atoms with Crippen molar-refractivity contribution in [3.05, 3.63) is 0 Å². The Bertz CT molecular complexity index is 174. The monoisotopic (exact) mass is 241 g/mol. The molecule has 3 nitrogen and oxygen atoms in total. The molecule has 0 radical (unpaired) electrons. The molecule has 0 unspecified atom stereocenters. The Morgan fingerprint density at radius 3 is 2.06 bits per heavy atom. The van der Waals surface area contributed by atoms with Gasteiger partial charge >= 0.3 is 0 Å². The molecule has 0 aromatic rings. The Balaban J connectivity index is 1.95. The van der Waals surface area contributed by atoms with Crippen LogP contribution in [0.5, 0.6) is 0 Å². The summed E-state index contributed by atoms with van der Waals surface area (Å²) in [5.74, 6) is 0. The third-order valence-electron chi connectivity index (χ3n) is 3.82. The Hall–Kier alpha value is -0.120. The standard InChI is InChI=1S/C14H31N3/c1-14(2)17-12-10-16(11-13-17)9-7-5-3-4-6-8-15/h14H,3-13,15H2,1-2H3. The predicted molar refractivity (Wildman–Crippen MR) is 75.3 cm³/mol. The lowest BCUT2D eigenvalue weighted by molar-refractivity contribution is 0.107. The van der Waals surface area contributed by atoms with Crippen molar-refractivity contribution in [1.82, 2.24) is 9.80 Å². The van der Waals surface area contributed by atoms with Gasteiger partial charge in [0.05, 0.1) is 0 Å². The minimum atomic E-state index is 0.716. The molecular formula is C14H31N3. The minimum Gasteiger partial charge on any atom is -0.330 e. The topological polar surface area (TPSA) is 32.5 Å². The Labute approximate surface area is 107 Å². The number of unbranched alkanes of at least 4 members (excludes halogenated alkanes) is 4. The molecule has 1 fully saturated rings. The summed E-state index contributed by atoms with van der Waals surface area (Å²) in [5, 5.41) is 0. The largest absolute Gasteiger partial charge is 0.330 e. The lowest BCUT2D eigenvalue weighted by Gasteiger charge is -2.36. The van der Waals surface area contributed by atoms with E-state index >= 15 is 0 Å². The van der Waals surface area contributed by atoms with Gasteiger partial charge in [-0.05, 0) is 39.8 Å². The van der Waals surface area contributed by atoms with Gasteiger partial charge in [0.2, 0.25) is 0 Å². The molecule has 0 aromatic heterocycles. The van der Waals surface area contributed by atoms with Crippen LogP contribution in [0.4, 0.5) is 0 Å². The summed E-state index contributed by atoms with van der Waals surface area (Å²) in [4.78, 5) is 5.21. The van der Waals surface area contributed by atoms with Gasteiger partial charge in [-0.15, -0.1) is 0 Å². The fourth-order valence-electron chi connectivity index (χ4n) is 2.51. The van der Waals surface area contributed by atoms with Gasteiger partial charge < -0.3 is 10.6 Å². The molecule has 1 saturated heterocycles. The summed E-state index contributed by atoms with van der Waals surface area (Å²) in [7, 11) is 0. The molecule has 2 N–H and O–H groups in total. The first-order valence-electron chi connectivity index (χ1n) is 7.40. The SMILES string of the molecule is CC(C)N1CCN(CCCCCCCN)CC1. The summed E-state index contributed by atoms with van der Waals surface area (Å²) < 4.78 is 0. The number of rotatable bonds is 8. The highest BCUT2D eigenvalue weighted by Crippen LogP contribution is 2.08. The van der Waals surface area contributed by atoms with Gasteiger partial charge in [0.15, 0.2) is 0 Å². The third-order valence-corrected chi connectivity index (χ3v) is 3.82. The predicted octanol–water partition coefficient (Wildman–Crippen LogP) is 1.92. The Morgan fingerprint density at radius 2 is 1.47 bits per heavy atom. The molecule has 1 heterocycles. The molecule has 0 spiro atoms. The molecule has 3 heteroatoms. The first kappa shape index (κ1) is 14.9. The second-order valence-electron chi connectivity index (χ2n) is 5.53. The van der Waals surface area contributed by atoms with Crippen LogP contribution in [-0.4, -0.2) is 55.1 Å². The van der Waals surface area contributed by atoms with Crippen molar-refractivity contribution in [2.45, 2.75) is 52.0 Å². The number of hydrogen-bond acceptors (Lipinski definition) is 3. The maximum atomic E-state index is 5.48. The van der Waals surface area contributed by atoms with E-state index in [1.165, 1.54) is 64.8 Å². The molecule has 0 aliphatic carbocycles. The summed E-state index contributed by atoms with van der Waals surface area (Å²) in [6.07, 6.45) is 6.63. The first-order valence-corrected chi connectivity index (χ1v) is 7.40. The van der Waals surface area contributed by atoms with Crippen molar-refractivity contribution < 1.29 is 0 Å². The Kier molecular flexibility index (Phi) is 7.82. The van der Waals surface area contributed by atoms with Crippen LogP contribution in [0.3, 0.4) is 0 Å². The molecule has 0 aromatic carbocycles. The quantitative estimate of drug-likeness (QED) is 0.659. The van der Waals surface area contributed by atoms with Gasteiger partial charge in [0.25, 0.3) is 0 Å². The number of hydrogen-bond donors (Lipinski definition) is 1. The molecule has 17 heavy (non-hydrogen) atoms. The van der Waals surface area contributed by atoms with E-state index in [1.54, 1.807) is 0 Å². The van der Waals surface area contributed by atoms with Gasteiger partial charge in [0.1, 0.15) is 0 Å². The smallest absolute Gasteiger partial charge is 0.0113 e. The summed E-state index contributed by atoms with van der Waals surface area (Å²) in [5.41, 5.74) is 5.48. The van der Waals surface area contributed by atoms with Crippen molar-refractivity contribution in [3.8, 4) is 0 Å². The zero-order valence-corrected chi connectivity index (χ0v) is 11.8. The van der Waals surface area contributed by atoms with Crippen molar-refractivity contribution in [3.63, 3.8) is 0 Å². The molecule has 102 valence electrons. The van der Waals surface area contributed by atoms with Crippen molar-refractivity contribution in [1.29, 1.82) is 0 Å². The summed E-state index contributed by atoms with van der Waals surface area (Å²) in [6.45, 7) is 11.8. The van der Waals surface area contributed by atoms with Crippen LogP contribution in [-0.2, 0) is 0 Å². The fourth-order valence-corrected chi connectivity index (χ4v) is 2.51. The maximum Gasteiger partial charge on any atom is 0.0113 e. The summed E-state index contributed by atoms with van der Waals surface area (Å²) in [6, 6.07) is 0.716. The fraction of sp³-hybridized carbons (Fsp3) is 1.00. The van der Waals surface area contributed by atoms with E-state index in [9.17, 15) is 0 Å². The zero-order chi connectivity index (χ0) is 12.5. The molecule has 0 saturated carbocycles. The third kappa shape index (κ3) is 6.39. The van der Waals surface area contributed by atoms with Gasteiger partial charge in [-0.1, -0.05) is 19.3 Å². The van der Waals surface area contributed by atoms with Crippen LogP contribution >= 0.6 is 0 Å². The highest BCUT2D eigenvalue weighted by atomic mass is 15.3. The van der Waals surface area contributed by atoms with Crippen molar-refractivity contribution >= 4 is 0 Å². The highest BCUT2D eigenvalue weighted by Gasteiger charge is 2.17. The van der Waals surface area contributed by atoms with E-state index in [1.807, 2.05) is 0 Å². The lowest BCUT2D eigenvalue weighted by atomic mass is 10.1. The van der Waals surface area contributed by atoms with E-state index < -0.39 is 0 Å². The van der Waals surface area contributed by atoms with Crippen LogP contribution < -0.4 is 5.73 Å². The van der Waals surface area contributed by atoms with E-state index in [0.29, 0.717) is 6.04 Å². The molecule has 1 rings (SSSR count). The Morgan fingerprint density at radius 1 is 0.882 bits per heavy atom. The molecule has 1 aliphatic heterocycles. The van der Waals surface area contributed by atoms with E-state index in [0.717, 1.165) is 6.54 Å². The zero-order valence-electron chi connectivity index (χ0n) is 11.8. The van der Waals surface area contributed by atoms with Crippen LogP contribution in [0.15, 0.2) is 0 Å². The second kappa shape index (κ2) is 8.90. The number of nitrogens with two attached hydrogens (primary N) is 1. The average Bonchev–Trinajstić information content (AvgIpc) is 2.34. The highest BCUT2D eigenvalue weighted by molar-refractivity contribution is 4.73. The average molecular weight is 241 g/mol. The normalized spacial score (nSPS) is 19.1. The van der Waals surface area contributed by atoms with Gasteiger partial charge in [-0.2, -0.15) is 0 Å². The minimum absolute atomic E-state index is 0.716. The summed E-state index contributed by atoms with van der Waals surface area (Å²) >= 11 is 0. The second-order valence-corrected chi connectivity index (χ2v) is 5.53. The molecule has 1 aliphatic rings. The molecular weight excluding hydrogens is 210 g/mol.